The molecule has 13 nitrogen and oxygen atoms in total. The minimum atomic E-state index is -1.38. The number of amides is 2. The van der Waals surface area contributed by atoms with E-state index in [1.54, 1.807) is 6.08 Å². The summed E-state index contributed by atoms with van der Waals surface area (Å²) in [6.07, 6.45) is 1.53. The molecule has 4 fully saturated rings. The molecule has 7 rings (SSSR count). The zero-order chi connectivity index (χ0) is 32.6. The highest BCUT2D eigenvalue weighted by Gasteiger charge is 2.76. The maximum absolute atomic E-state index is 14.3. The number of aliphatic hydroxyl groups excluding tert-OH is 2. The zero-order valence-electron chi connectivity index (χ0n) is 25.8. The molecule has 2 amide bonds. The summed E-state index contributed by atoms with van der Waals surface area (Å²) in [6.45, 7) is 0.152. The molecule has 2 aromatic rings. The smallest absolute Gasteiger partial charge is 0.327 e. The zero-order valence-corrected chi connectivity index (χ0v) is 25.8. The van der Waals surface area contributed by atoms with Gasteiger partial charge in [0, 0.05) is 38.8 Å². The Morgan fingerprint density at radius 3 is 2.49 bits per heavy atom. The van der Waals surface area contributed by atoms with Gasteiger partial charge in [-0.3, -0.25) is 19.2 Å². The fraction of sp³-hybridized carbons (Fsp3) is 0.500. The van der Waals surface area contributed by atoms with E-state index in [1.807, 2.05) is 48.5 Å². The summed E-state index contributed by atoms with van der Waals surface area (Å²) in [5.74, 6) is -2.29. The Morgan fingerprint density at radius 1 is 0.979 bits per heavy atom. The number of ether oxygens (including phenoxy) is 4. The van der Waals surface area contributed by atoms with Crippen molar-refractivity contribution in [2.45, 2.75) is 68.5 Å². The lowest BCUT2D eigenvalue weighted by atomic mass is 9.62. The maximum Gasteiger partial charge on any atom is 0.327 e. The standard InChI is InChI=1S/C34H39N3O10/c38-13-12-35-26(40)9-11-36-32(42)34-19-25-27-28(46-33(45-27)17-22-6-2-3-7-23(22)18-33)30(34)47-37(29(34)31(41)44-25)20-24-8-4-1-5-21(24)10-15-43-16-14-39/h1-8,10,15,25,27-30,38-39H,9,11-14,16-20H2,(H,35,40)(H,36,42)/t25-,27+,28+,29+,30-,34+/m1/s1. The molecule has 4 N–H and O–H groups in total. The van der Waals surface area contributed by atoms with E-state index < -0.39 is 53.5 Å². The number of fused-ring (bicyclic) bond motifs is 5. The van der Waals surface area contributed by atoms with Crippen LogP contribution in [-0.4, -0.2) is 102 Å². The lowest BCUT2D eigenvalue weighted by Gasteiger charge is -2.48. The minimum Gasteiger partial charge on any atom is -0.499 e. The fourth-order valence-corrected chi connectivity index (χ4v) is 7.75. The van der Waals surface area contributed by atoms with Crippen LogP contribution in [0.3, 0.4) is 0 Å². The van der Waals surface area contributed by atoms with Gasteiger partial charge < -0.3 is 39.8 Å². The molecule has 0 radical (unpaired) electrons. The second-order valence-electron chi connectivity index (χ2n) is 12.6. The van der Waals surface area contributed by atoms with E-state index in [0.717, 1.165) is 22.3 Å². The first-order chi connectivity index (χ1) is 22.9. The molecule has 3 heterocycles. The Kier molecular flexibility index (Phi) is 8.76. The summed E-state index contributed by atoms with van der Waals surface area (Å²) in [4.78, 5) is 47.1. The number of benzene rings is 2. The number of hydroxylamine groups is 2. The van der Waals surface area contributed by atoms with Crippen LogP contribution in [-0.2, 0) is 57.6 Å². The number of carbonyl (C=O) groups is 3. The van der Waals surface area contributed by atoms with Crippen molar-refractivity contribution in [1.29, 1.82) is 0 Å². The summed E-state index contributed by atoms with van der Waals surface area (Å²) in [5, 5.41) is 25.1. The third-order valence-corrected chi connectivity index (χ3v) is 9.72. The monoisotopic (exact) mass is 649 g/mol. The van der Waals surface area contributed by atoms with Gasteiger partial charge in [-0.1, -0.05) is 48.5 Å². The van der Waals surface area contributed by atoms with Crippen LogP contribution in [0, 0.1) is 5.41 Å². The molecular formula is C34H39N3O10. The summed E-state index contributed by atoms with van der Waals surface area (Å²) in [7, 11) is 0. The molecule has 3 aliphatic heterocycles. The van der Waals surface area contributed by atoms with Gasteiger partial charge in [0.2, 0.25) is 11.8 Å². The number of hydrogen-bond acceptors (Lipinski definition) is 11. The van der Waals surface area contributed by atoms with Gasteiger partial charge in [0.25, 0.3) is 0 Å². The predicted octanol–water partition coefficient (Wildman–Crippen LogP) is 0.360. The van der Waals surface area contributed by atoms with Crippen LogP contribution in [0.4, 0.5) is 0 Å². The summed E-state index contributed by atoms with van der Waals surface area (Å²) >= 11 is 0. The van der Waals surface area contributed by atoms with Crippen molar-refractivity contribution in [2.75, 3.05) is 32.9 Å². The SMILES string of the molecule is O=C(CCNC(=O)[C@@]12C[C@H]3OC(=O)[C@@H]1N(Cc1ccccc1C=COCCO)O[C@@H]2[C@H]1OC2(Cc4ccccc4C2)O[C@H]13)NCCO. The van der Waals surface area contributed by atoms with Crippen molar-refractivity contribution >= 4 is 23.9 Å². The molecule has 47 heavy (non-hydrogen) atoms. The van der Waals surface area contributed by atoms with Gasteiger partial charge >= 0.3 is 5.97 Å². The number of nitrogens with zero attached hydrogens (tertiary/aromatic N) is 1. The van der Waals surface area contributed by atoms with Crippen LogP contribution >= 0.6 is 0 Å². The Balaban J connectivity index is 1.19. The van der Waals surface area contributed by atoms with Gasteiger partial charge in [0.1, 0.15) is 36.4 Å². The molecule has 5 aliphatic rings. The molecule has 0 aromatic heterocycles. The van der Waals surface area contributed by atoms with Crippen LogP contribution in [0.1, 0.15) is 35.1 Å². The molecule has 1 spiro atoms. The van der Waals surface area contributed by atoms with Crippen molar-refractivity contribution in [2.24, 2.45) is 5.41 Å². The van der Waals surface area contributed by atoms with Crippen LogP contribution in [0.25, 0.3) is 6.08 Å². The van der Waals surface area contributed by atoms with Gasteiger partial charge in [-0.25, -0.2) is 0 Å². The average Bonchev–Trinajstić information content (AvgIpc) is 3.74. The van der Waals surface area contributed by atoms with E-state index in [2.05, 4.69) is 10.6 Å². The molecule has 0 unspecified atom stereocenters. The maximum atomic E-state index is 14.3. The van der Waals surface area contributed by atoms with Gasteiger partial charge in [-0.05, 0) is 28.3 Å². The van der Waals surface area contributed by atoms with Gasteiger partial charge in [0.15, 0.2) is 11.8 Å². The van der Waals surface area contributed by atoms with Crippen LogP contribution in [0.5, 0.6) is 0 Å². The number of nitrogens with one attached hydrogen (secondary N) is 2. The third-order valence-electron chi connectivity index (χ3n) is 9.72. The van der Waals surface area contributed by atoms with Crippen LogP contribution in [0.15, 0.2) is 54.8 Å². The van der Waals surface area contributed by atoms with Gasteiger partial charge in [0.05, 0.1) is 26.0 Å². The first-order valence-electron chi connectivity index (χ1n) is 16.1. The molecule has 250 valence electrons. The molecular weight excluding hydrogens is 610 g/mol. The van der Waals surface area contributed by atoms with Crippen molar-refractivity contribution in [3.63, 3.8) is 0 Å². The number of rotatable bonds is 12. The number of esters is 1. The molecule has 3 saturated heterocycles. The topological polar surface area (TPSA) is 165 Å². The predicted molar refractivity (Wildman–Crippen MR) is 164 cm³/mol. The highest BCUT2D eigenvalue weighted by Crippen LogP contribution is 2.58. The van der Waals surface area contributed by atoms with Crippen LogP contribution in [0.2, 0.25) is 0 Å². The third kappa shape index (κ3) is 5.70. The average molecular weight is 650 g/mol. The van der Waals surface area contributed by atoms with Gasteiger partial charge in [-0.2, -0.15) is 5.06 Å². The second kappa shape index (κ2) is 13.0. The molecule has 2 bridgehead atoms. The lowest BCUT2D eigenvalue weighted by Crippen LogP contribution is -2.69. The molecule has 13 heteroatoms. The summed E-state index contributed by atoms with van der Waals surface area (Å²) in [5.41, 5.74) is 2.48. The van der Waals surface area contributed by atoms with Crippen molar-refractivity contribution in [1.82, 2.24) is 15.7 Å². The largest absolute Gasteiger partial charge is 0.499 e. The normalized spacial score (nSPS) is 29.8. The van der Waals surface area contributed by atoms with Crippen molar-refractivity contribution in [3.8, 4) is 0 Å². The number of hydrogen-bond donors (Lipinski definition) is 4. The number of aliphatic hydroxyl groups is 2. The molecule has 2 aromatic carbocycles. The first kappa shape index (κ1) is 31.7. The highest BCUT2D eigenvalue weighted by atomic mass is 16.8. The van der Waals surface area contributed by atoms with Crippen molar-refractivity contribution < 1.29 is 48.4 Å². The van der Waals surface area contributed by atoms with E-state index in [0.29, 0.717) is 12.8 Å². The Morgan fingerprint density at radius 2 is 1.72 bits per heavy atom. The molecule has 6 atom stereocenters. The minimum absolute atomic E-state index is 0.000691. The fourth-order valence-electron chi connectivity index (χ4n) is 7.75. The number of carbonyl (C=O) groups excluding carboxylic acids is 3. The summed E-state index contributed by atoms with van der Waals surface area (Å²) < 4.78 is 24.8. The first-order valence-corrected chi connectivity index (χ1v) is 16.1. The lowest BCUT2D eigenvalue weighted by molar-refractivity contribution is -0.217. The van der Waals surface area contributed by atoms with Crippen molar-refractivity contribution in [3.05, 3.63) is 77.0 Å². The van der Waals surface area contributed by atoms with E-state index in [1.165, 1.54) is 11.3 Å². The Bertz CT molecular complexity index is 1520. The van der Waals surface area contributed by atoms with Crippen LogP contribution < -0.4 is 10.6 Å². The second-order valence-corrected chi connectivity index (χ2v) is 12.6. The quantitative estimate of drug-likeness (QED) is 0.143. The summed E-state index contributed by atoms with van der Waals surface area (Å²) in [6, 6.07) is 14.5. The van der Waals surface area contributed by atoms with E-state index in [4.69, 9.17) is 34.0 Å². The molecule has 1 saturated carbocycles. The van der Waals surface area contributed by atoms with E-state index >= 15 is 0 Å². The van der Waals surface area contributed by atoms with E-state index in [-0.39, 0.29) is 58.2 Å². The molecule has 2 aliphatic carbocycles. The van der Waals surface area contributed by atoms with E-state index in [9.17, 15) is 14.4 Å². The van der Waals surface area contributed by atoms with Gasteiger partial charge in [-0.15, -0.1) is 0 Å². The Labute approximate surface area is 271 Å². The highest BCUT2D eigenvalue weighted by molar-refractivity contribution is 5.94. The Hall–Kier alpha value is -3.85.